The Balaban J connectivity index is 1.90. The van der Waals surface area contributed by atoms with Crippen LogP contribution in [0, 0.1) is 6.92 Å². The molecule has 110 valence electrons. The van der Waals surface area contributed by atoms with E-state index >= 15 is 0 Å². The Morgan fingerprint density at radius 3 is 3.00 bits per heavy atom. The summed E-state index contributed by atoms with van der Waals surface area (Å²) < 4.78 is 0. The second-order valence-electron chi connectivity index (χ2n) is 5.50. The van der Waals surface area contributed by atoms with Crippen molar-refractivity contribution in [2.24, 2.45) is 0 Å². The van der Waals surface area contributed by atoms with E-state index in [0.717, 1.165) is 48.8 Å². The molecule has 1 saturated heterocycles. The topological polar surface area (TPSA) is 74.8 Å². The molecular formula is C15H19N5O. The largest absolute Gasteiger partial charge is 0.342 e. The van der Waals surface area contributed by atoms with Gasteiger partial charge in [-0.05, 0) is 31.9 Å². The number of aryl methyl sites for hydroxylation is 1. The predicted octanol–water partition coefficient (Wildman–Crippen LogP) is 1.90. The van der Waals surface area contributed by atoms with Gasteiger partial charge in [-0.1, -0.05) is 0 Å². The lowest BCUT2D eigenvalue weighted by molar-refractivity contribution is -0.130. The van der Waals surface area contributed by atoms with Crippen LogP contribution >= 0.6 is 0 Å². The molecule has 3 heterocycles. The molecule has 1 aliphatic heterocycles. The molecule has 2 aromatic heterocycles. The second kappa shape index (κ2) is 5.63. The van der Waals surface area contributed by atoms with E-state index in [0.29, 0.717) is 0 Å². The van der Waals surface area contributed by atoms with E-state index in [1.165, 1.54) is 0 Å². The molecule has 0 radical (unpaired) electrons. The lowest BCUT2D eigenvalue weighted by atomic mass is 9.94. The minimum atomic E-state index is 0.138. The molecule has 1 aliphatic rings. The van der Waals surface area contributed by atoms with Crippen LogP contribution in [0.5, 0.6) is 0 Å². The first-order valence-corrected chi connectivity index (χ1v) is 7.24. The average molecular weight is 285 g/mol. The van der Waals surface area contributed by atoms with Crippen molar-refractivity contribution in [2.75, 3.05) is 13.1 Å². The van der Waals surface area contributed by atoms with Crippen LogP contribution in [0.25, 0.3) is 11.4 Å². The molecule has 3 rings (SSSR count). The normalized spacial score (nSPS) is 18.8. The maximum Gasteiger partial charge on any atom is 0.219 e. The number of aromatic nitrogens is 4. The molecule has 1 N–H and O–H groups in total. The molecule has 2 aromatic rings. The number of aromatic amines is 1. The van der Waals surface area contributed by atoms with Gasteiger partial charge in [0.1, 0.15) is 5.82 Å². The smallest absolute Gasteiger partial charge is 0.219 e. The van der Waals surface area contributed by atoms with Crippen molar-refractivity contribution in [3.05, 3.63) is 29.8 Å². The molecule has 0 saturated carbocycles. The Morgan fingerprint density at radius 1 is 1.43 bits per heavy atom. The Labute approximate surface area is 123 Å². The van der Waals surface area contributed by atoms with E-state index in [-0.39, 0.29) is 11.8 Å². The summed E-state index contributed by atoms with van der Waals surface area (Å²) in [5.74, 6) is 1.17. The van der Waals surface area contributed by atoms with Crippen LogP contribution in [-0.2, 0) is 4.79 Å². The maximum absolute atomic E-state index is 11.6. The first-order chi connectivity index (χ1) is 10.1. The molecule has 0 aliphatic carbocycles. The highest BCUT2D eigenvalue weighted by Gasteiger charge is 2.24. The van der Waals surface area contributed by atoms with E-state index in [4.69, 9.17) is 0 Å². The number of carbonyl (C=O) groups excluding carboxylic acids is 1. The zero-order chi connectivity index (χ0) is 14.8. The van der Waals surface area contributed by atoms with Crippen LogP contribution in [-0.4, -0.2) is 44.1 Å². The lowest BCUT2D eigenvalue weighted by Crippen LogP contribution is -2.37. The van der Waals surface area contributed by atoms with E-state index in [1.54, 1.807) is 13.1 Å². The number of hydrogen-bond acceptors (Lipinski definition) is 4. The van der Waals surface area contributed by atoms with Crippen molar-refractivity contribution in [2.45, 2.75) is 32.6 Å². The van der Waals surface area contributed by atoms with Gasteiger partial charge >= 0.3 is 0 Å². The third-order valence-corrected chi connectivity index (χ3v) is 3.92. The quantitative estimate of drug-likeness (QED) is 0.914. The number of nitrogens with zero attached hydrogens (tertiary/aromatic N) is 4. The summed E-state index contributed by atoms with van der Waals surface area (Å²) in [7, 11) is 0. The third-order valence-electron chi connectivity index (χ3n) is 3.92. The Morgan fingerprint density at radius 2 is 2.29 bits per heavy atom. The molecule has 0 unspecified atom stereocenters. The standard InChI is InChI=1S/C15H19N5O/c1-10-17-14(8-15(18-10)13-5-6-16-19-13)12-4-3-7-20(9-12)11(2)21/h5-6,8,12H,3-4,7,9H2,1-2H3,(H,16,19)/t12-/m0/s1. The van der Waals surface area contributed by atoms with Crippen molar-refractivity contribution >= 4 is 5.91 Å². The Hall–Kier alpha value is -2.24. The number of amides is 1. The van der Waals surface area contributed by atoms with Gasteiger partial charge in [-0.25, -0.2) is 9.97 Å². The van der Waals surface area contributed by atoms with Crippen LogP contribution in [0.3, 0.4) is 0 Å². The molecule has 0 spiro atoms. The van der Waals surface area contributed by atoms with Gasteiger partial charge in [-0.3, -0.25) is 9.89 Å². The molecule has 1 atom stereocenters. The number of piperidine rings is 1. The van der Waals surface area contributed by atoms with Crippen LogP contribution in [0.15, 0.2) is 18.3 Å². The number of likely N-dealkylation sites (tertiary alicyclic amines) is 1. The average Bonchev–Trinajstić information content (AvgIpc) is 3.01. The number of hydrogen-bond donors (Lipinski definition) is 1. The van der Waals surface area contributed by atoms with Gasteiger partial charge < -0.3 is 4.90 Å². The minimum absolute atomic E-state index is 0.138. The van der Waals surface area contributed by atoms with Crippen LogP contribution in [0.2, 0.25) is 0 Å². The van der Waals surface area contributed by atoms with Crippen LogP contribution in [0.1, 0.15) is 37.2 Å². The van der Waals surface area contributed by atoms with Gasteiger partial charge in [0.25, 0.3) is 0 Å². The summed E-state index contributed by atoms with van der Waals surface area (Å²) in [6.45, 7) is 5.12. The number of H-pyrrole nitrogens is 1. The van der Waals surface area contributed by atoms with Crippen LogP contribution in [0.4, 0.5) is 0 Å². The summed E-state index contributed by atoms with van der Waals surface area (Å²) in [4.78, 5) is 22.5. The van der Waals surface area contributed by atoms with Crippen molar-refractivity contribution in [1.29, 1.82) is 0 Å². The molecule has 0 bridgehead atoms. The van der Waals surface area contributed by atoms with E-state index < -0.39 is 0 Å². The zero-order valence-electron chi connectivity index (χ0n) is 12.3. The van der Waals surface area contributed by atoms with Crippen molar-refractivity contribution in [3.63, 3.8) is 0 Å². The van der Waals surface area contributed by atoms with Gasteiger partial charge in [0.2, 0.25) is 5.91 Å². The maximum atomic E-state index is 11.6. The molecule has 21 heavy (non-hydrogen) atoms. The van der Waals surface area contributed by atoms with Gasteiger partial charge in [0.15, 0.2) is 0 Å². The molecular weight excluding hydrogens is 266 g/mol. The van der Waals surface area contributed by atoms with Crippen molar-refractivity contribution in [1.82, 2.24) is 25.1 Å². The first-order valence-electron chi connectivity index (χ1n) is 7.24. The monoisotopic (exact) mass is 285 g/mol. The van der Waals surface area contributed by atoms with Gasteiger partial charge in [-0.2, -0.15) is 5.10 Å². The summed E-state index contributed by atoms with van der Waals surface area (Å²) in [5, 5.41) is 6.90. The fourth-order valence-electron chi connectivity index (χ4n) is 2.84. The third kappa shape index (κ3) is 2.94. The summed E-state index contributed by atoms with van der Waals surface area (Å²) in [6.07, 6.45) is 3.79. The summed E-state index contributed by atoms with van der Waals surface area (Å²) >= 11 is 0. The van der Waals surface area contributed by atoms with Crippen molar-refractivity contribution < 1.29 is 4.79 Å². The molecule has 6 heteroatoms. The number of nitrogens with one attached hydrogen (secondary N) is 1. The fourth-order valence-corrected chi connectivity index (χ4v) is 2.84. The number of carbonyl (C=O) groups is 1. The molecule has 0 aromatic carbocycles. The fraction of sp³-hybridized carbons (Fsp3) is 0.467. The molecule has 6 nitrogen and oxygen atoms in total. The SMILES string of the molecule is CC(=O)N1CCC[C@H](c2cc(-c3ccn[nH]3)nc(C)n2)C1. The highest BCUT2D eigenvalue weighted by molar-refractivity contribution is 5.73. The summed E-state index contributed by atoms with van der Waals surface area (Å²) in [5.41, 5.74) is 2.76. The lowest BCUT2D eigenvalue weighted by Gasteiger charge is -2.31. The Kier molecular flexibility index (Phi) is 3.68. The van der Waals surface area contributed by atoms with Gasteiger partial charge in [-0.15, -0.1) is 0 Å². The second-order valence-corrected chi connectivity index (χ2v) is 5.50. The zero-order valence-corrected chi connectivity index (χ0v) is 12.3. The Bertz CT molecular complexity index is 638. The van der Waals surface area contributed by atoms with E-state index in [9.17, 15) is 4.79 Å². The highest BCUT2D eigenvalue weighted by Crippen LogP contribution is 2.27. The van der Waals surface area contributed by atoms with Gasteiger partial charge in [0.05, 0.1) is 11.4 Å². The van der Waals surface area contributed by atoms with Crippen molar-refractivity contribution in [3.8, 4) is 11.4 Å². The van der Waals surface area contributed by atoms with Gasteiger partial charge in [0, 0.05) is 37.8 Å². The molecule has 1 amide bonds. The molecule has 1 fully saturated rings. The summed E-state index contributed by atoms with van der Waals surface area (Å²) in [6, 6.07) is 3.91. The van der Waals surface area contributed by atoms with E-state index in [1.807, 2.05) is 24.0 Å². The minimum Gasteiger partial charge on any atom is -0.342 e. The number of rotatable bonds is 2. The highest BCUT2D eigenvalue weighted by atomic mass is 16.2. The van der Waals surface area contributed by atoms with E-state index in [2.05, 4.69) is 20.2 Å². The first kappa shape index (κ1) is 13.7. The van der Waals surface area contributed by atoms with Crippen LogP contribution < -0.4 is 0 Å². The predicted molar refractivity (Wildman–Crippen MR) is 78.6 cm³/mol.